The van der Waals surface area contributed by atoms with Crippen LogP contribution in [-0.4, -0.2) is 65.8 Å². The number of aromatic nitrogens is 3. The van der Waals surface area contributed by atoms with Crippen LogP contribution in [0.25, 0.3) is 11.0 Å². The first kappa shape index (κ1) is 25.0. The van der Waals surface area contributed by atoms with Crippen LogP contribution in [0.4, 0.5) is 5.82 Å². The van der Waals surface area contributed by atoms with Crippen molar-refractivity contribution in [2.24, 2.45) is 0 Å². The highest BCUT2D eigenvalue weighted by Gasteiger charge is 2.44. The summed E-state index contributed by atoms with van der Waals surface area (Å²) < 4.78 is 23.2. The van der Waals surface area contributed by atoms with Gasteiger partial charge in [0.05, 0.1) is 18.0 Å². The van der Waals surface area contributed by atoms with Crippen LogP contribution in [0, 0.1) is 0 Å². The van der Waals surface area contributed by atoms with Crippen LogP contribution in [0.1, 0.15) is 31.2 Å². The summed E-state index contributed by atoms with van der Waals surface area (Å²) in [6.07, 6.45) is -3.07. The van der Waals surface area contributed by atoms with Crippen LogP contribution < -0.4 is 5.32 Å². The van der Waals surface area contributed by atoms with Gasteiger partial charge < -0.3 is 39.4 Å². The van der Waals surface area contributed by atoms with Crippen molar-refractivity contribution in [2.75, 3.05) is 18.3 Å². The molecule has 5 N–H and O–H groups in total. The Morgan fingerprint density at radius 3 is 2.62 bits per heavy atom. The van der Waals surface area contributed by atoms with Crippen molar-refractivity contribution in [3.8, 4) is 0 Å². The number of nitrogens with zero attached hydrogens (tertiary/aromatic N) is 3. The average molecular weight is 513 g/mol. The number of fused-ring (bicyclic) bond motifs is 1. The molecule has 11 nitrogen and oxygen atoms in total. The van der Waals surface area contributed by atoms with Gasteiger partial charge in [0.1, 0.15) is 36.1 Å². The van der Waals surface area contributed by atoms with Crippen molar-refractivity contribution in [1.29, 1.82) is 0 Å². The Morgan fingerprint density at radius 2 is 1.94 bits per heavy atom. The predicted molar refractivity (Wildman–Crippen MR) is 124 cm³/mol. The van der Waals surface area contributed by atoms with E-state index in [0.717, 1.165) is 12.0 Å². The molecular weight excluding hydrogens is 487 g/mol. The van der Waals surface area contributed by atoms with Crippen molar-refractivity contribution in [1.82, 2.24) is 14.5 Å². The number of nitrogens with one attached hydrogen (secondary N) is 1. The van der Waals surface area contributed by atoms with E-state index in [1.807, 2.05) is 30.3 Å². The van der Waals surface area contributed by atoms with Crippen molar-refractivity contribution in [2.45, 2.75) is 43.9 Å². The highest BCUT2D eigenvalue weighted by atomic mass is 35.5. The molecule has 3 heterocycles. The van der Waals surface area contributed by atoms with Gasteiger partial charge in [0, 0.05) is 6.20 Å². The third-order valence-corrected chi connectivity index (χ3v) is 6.31. The van der Waals surface area contributed by atoms with E-state index in [-0.39, 0.29) is 17.9 Å². The summed E-state index contributed by atoms with van der Waals surface area (Å²) in [5, 5.41) is 25.0. The minimum atomic E-state index is -4.37. The summed E-state index contributed by atoms with van der Waals surface area (Å²) in [5.74, 6) is 0.513. The summed E-state index contributed by atoms with van der Waals surface area (Å²) in [7, 11) is -4.37. The average Bonchev–Trinajstić information content (AvgIpc) is 3.33. The topological polar surface area (TPSA) is 159 Å². The normalized spacial score (nSPS) is 23.9. The Kier molecular flexibility index (Phi) is 7.56. The highest BCUT2D eigenvalue weighted by Crippen LogP contribution is 2.37. The van der Waals surface area contributed by atoms with E-state index in [9.17, 15) is 14.8 Å². The Labute approximate surface area is 200 Å². The van der Waals surface area contributed by atoms with Crippen LogP contribution in [0.2, 0.25) is 5.28 Å². The molecule has 1 aliphatic heterocycles. The monoisotopic (exact) mass is 512 g/mol. The Hall–Kier alpha value is -2.08. The van der Waals surface area contributed by atoms with Crippen molar-refractivity contribution in [3.05, 3.63) is 53.4 Å². The van der Waals surface area contributed by atoms with E-state index in [0.29, 0.717) is 16.9 Å². The second-order valence-electron chi connectivity index (χ2n) is 8.03. The van der Waals surface area contributed by atoms with Crippen LogP contribution in [-0.2, 0) is 14.0 Å². The van der Waals surface area contributed by atoms with Crippen molar-refractivity contribution < 1.29 is 34.0 Å². The van der Waals surface area contributed by atoms with Crippen LogP contribution in [0.5, 0.6) is 0 Å². The van der Waals surface area contributed by atoms with E-state index < -0.39 is 38.5 Å². The number of hydrogen-bond donors (Lipinski definition) is 5. The largest absolute Gasteiger partial charge is 0.387 e. The summed E-state index contributed by atoms with van der Waals surface area (Å²) in [6, 6.07) is 11.6. The van der Waals surface area contributed by atoms with E-state index >= 15 is 0 Å². The molecule has 0 amide bonds. The van der Waals surface area contributed by atoms with E-state index in [2.05, 4.69) is 22.2 Å². The fourth-order valence-electron chi connectivity index (χ4n) is 3.98. The minimum absolute atomic E-state index is 0.00701. The maximum atomic E-state index is 11.0. The molecule has 0 aliphatic carbocycles. The number of hydrogen-bond acceptors (Lipinski definition) is 8. The van der Waals surface area contributed by atoms with Gasteiger partial charge in [-0.25, -0.2) is 4.98 Å². The molecule has 0 radical (unpaired) electrons. The zero-order valence-electron chi connectivity index (χ0n) is 18.2. The molecule has 2 aromatic heterocycles. The van der Waals surface area contributed by atoms with Gasteiger partial charge in [0.25, 0.3) is 0 Å². The van der Waals surface area contributed by atoms with Gasteiger partial charge in [0.2, 0.25) is 5.28 Å². The fourth-order valence-corrected chi connectivity index (χ4v) is 4.49. The standard InChI is InChI=1S/C21H26ClN4O7P/c1-2-14(12-6-4-3-5-7-12)23-18-13-8-9-26(19(13)25-21(22)24-18)20-17(28)16(27)15(33-20)10-32-11-34(29,30)31/h3-9,14-17,20,27-28H,2,10-11H2,1H3,(H,23,24,25)(H2,29,30,31)/t14-,15+,16+,17+,20+/m0/s1. The maximum absolute atomic E-state index is 11.0. The van der Waals surface area contributed by atoms with Crippen LogP contribution in [0.3, 0.4) is 0 Å². The molecule has 1 aliphatic rings. The fraction of sp³-hybridized carbons (Fsp3) is 0.429. The van der Waals surface area contributed by atoms with E-state index in [1.54, 1.807) is 12.3 Å². The minimum Gasteiger partial charge on any atom is -0.387 e. The summed E-state index contributed by atoms with van der Waals surface area (Å²) in [5.41, 5.74) is 1.47. The molecule has 4 rings (SSSR count). The number of aliphatic hydroxyl groups excluding tert-OH is 2. The van der Waals surface area contributed by atoms with Crippen molar-refractivity contribution >= 4 is 36.0 Å². The first-order chi connectivity index (χ1) is 16.2. The molecular formula is C21H26ClN4O7P. The van der Waals surface area contributed by atoms with Gasteiger partial charge >= 0.3 is 7.60 Å². The quantitative estimate of drug-likeness (QED) is 0.213. The number of aliphatic hydroxyl groups is 2. The number of benzene rings is 1. The number of rotatable bonds is 9. The molecule has 13 heteroatoms. The van der Waals surface area contributed by atoms with E-state index in [1.165, 1.54) is 4.57 Å². The SMILES string of the molecule is CC[C@H](Nc1nc(Cl)nc2c1ccn2[C@@H]1O[C@H](COCP(=O)(O)O)[C@@H](O)[C@H]1O)c1ccccc1. The molecule has 184 valence electrons. The lowest BCUT2D eigenvalue weighted by Crippen LogP contribution is -2.33. The summed E-state index contributed by atoms with van der Waals surface area (Å²) in [4.78, 5) is 26.5. The Bertz CT molecular complexity index is 1170. The summed E-state index contributed by atoms with van der Waals surface area (Å²) in [6.45, 7) is 1.74. The second kappa shape index (κ2) is 10.3. The predicted octanol–water partition coefficient (Wildman–Crippen LogP) is 2.42. The Morgan fingerprint density at radius 1 is 1.21 bits per heavy atom. The smallest absolute Gasteiger partial charge is 0.350 e. The molecule has 3 aromatic rings. The molecule has 1 saturated heterocycles. The van der Waals surface area contributed by atoms with Gasteiger partial charge in [-0.05, 0) is 29.7 Å². The molecule has 0 spiro atoms. The highest BCUT2D eigenvalue weighted by molar-refractivity contribution is 7.51. The second-order valence-corrected chi connectivity index (χ2v) is 9.95. The molecule has 0 saturated carbocycles. The van der Waals surface area contributed by atoms with Gasteiger partial charge in [0.15, 0.2) is 6.23 Å². The molecule has 5 atom stereocenters. The zero-order chi connectivity index (χ0) is 24.5. The Balaban J connectivity index is 1.59. The lowest BCUT2D eigenvalue weighted by Gasteiger charge is -2.20. The summed E-state index contributed by atoms with van der Waals surface area (Å²) >= 11 is 6.21. The van der Waals surface area contributed by atoms with E-state index in [4.69, 9.17) is 30.9 Å². The first-order valence-corrected chi connectivity index (χ1v) is 12.8. The molecule has 1 fully saturated rings. The lowest BCUT2D eigenvalue weighted by molar-refractivity contribution is -0.0610. The van der Waals surface area contributed by atoms with Gasteiger partial charge in [-0.15, -0.1) is 0 Å². The molecule has 0 bridgehead atoms. The maximum Gasteiger partial charge on any atom is 0.350 e. The third-order valence-electron chi connectivity index (χ3n) is 5.62. The zero-order valence-corrected chi connectivity index (χ0v) is 19.9. The third kappa shape index (κ3) is 5.42. The van der Waals surface area contributed by atoms with Crippen LogP contribution >= 0.6 is 19.2 Å². The number of ether oxygens (including phenoxy) is 2. The van der Waals surface area contributed by atoms with Gasteiger partial charge in [-0.1, -0.05) is 37.3 Å². The first-order valence-electron chi connectivity index (χ1n) is 10.7. The number of anilines is 1. The molecule has 1 aromatic carbocycles. The van der Waals surface area contributed by atoms with Crippen LogP contribution in [0.15, 0.2) is 42.6 Å². The number of halogens is 1. The molecule has 0 unspecified atom stereocenters. The lowest BCUT2D eigenvalue weighted by atomic mass is 10.0. The van der Waals surface area contributed by atoms with Crippen molar-refractivity contribution in [3.63, 3.8) is 0 Å². The molecule has 34 heavy (non-hydrogen) atoms. The van der Waals surface area contributed by atoms with Gasteiger partial charge in [-0.2, -0.15) is 4.98 Å². The van der Waals surface area contributed by atoms with Gasteiger partial charge in [-0.3, -0.25) is 4.57 Å².